The van der Waals surface area contributed by atoms with Gasteiger partial charge in [-0.05, 0) is 23.3 Å². The van der Waals surface area contributed by atoms with E-state index in [9.17, 15) is 9.90 Å². The van der Waals surface area contributed by atoms with E-state index in [2.05, 4.69) is 0 Å². The van der Waals surface area contributed by atoms with Crippen LogP contribution in [0.25, 0.3) is 11.1 Å². The molecule has 0 heterocycles. The van der Waals surface area contributed by atoms with E-state index < -0.39 is 0 Å². The lowest BCUT2D eigenvalue weighted by Gasteiger charge is -2.17. The average Bonchev–Trinajstić information content (AvgIpc) is 2.51. The number of benzene rings is 2. The number of carbonyl (C=O) groups excluding carboxylic acids is 1. The van der Waals surface area contributed by atoms with Gasteiger partial charge in [0.1, 0.15) is 6.10 Å². The Kier molecular flexibility index (Phi) is 3.32. The minimum absolute atomic E-state index is 0.0900. The van der Waals surface area contributed by atoms with E-state index in [1.54, 1.807) is 6.08 Å². The van der Waals surface area contributed by atoms with Crippen molar-refractivity contribution in [2.45, 2.75) is 0 Å². The topological polar surface area (TPSA) is 37.3 Å². The maximum Gasteiger partial charge on any atom is 0.186 e. The molecule has 97 valence electrons. The second kappa shape index (κ2) is 5.27. The van der Waals surface area contributed by atoms with Crippen molar-refractivity contribution in [3.05, 3.63) is 90.0 Å². The first-order valence-electron chi connectivity index (χ1n) is 6.40. The molecule has 0 amide bonds. The number of allylic oxidation sites excluding steroid dienone is 2. The molecule has 2 aromatic rings. The molecule has 0 atom stereocenters. The summed E-state index contributed by atoms with van der Waals surface area (Å²) >= 11 is 0. The molecule has 0 aromatic heterocycles. The molecule has 1 radical (unpaired) electrons. The van der Waals surface area contributed by atoms with Crippen molar-refractivity contribution in [3.8, 4) is 0 Å². The second-order valence-corrected chi connectivity index (χ2v) is 4.60. The zero-order valence-electron chi connectivity index (χ0n) is 10.8. The minimum atomic E-state index is -0.0900. The molecule has 1 N–H and O–H groups in total. The quantitative estimate of drug-likeness (QED) is 0.896. The number of ketones is 1. The summed E-state index contributed by atoms with van der Waals surface area (Å²) in [6, 6.07) is 18.8. The van der Waals surface area contributed by atoms with Crippen LogP contribution >= 0.6 is 0 Å². The monoisotopic (exact) mass is 261 g/mol. The molecule has 0 fully saturated rings. The Balaban J connectivity index is 1.97. The summed E-state index contributed by atoms with van der Waals surface area (Å²) in [7, 11) is 0. The Morgan fingerprint density at radius 1 is 0.650 bits per heavy atom. The van der Waals surface area contributed by atoms with E-state index in [1.807, 2.05) is 60.7 Å². The van der Waals surface area contributed by atoms with Crippen LogP contribution in [0.2, 0.25) is 0 Å². The summed E-state index contributed by atoms with van der Waals surface area (Å²) < 4.78 is 0. The van der Waals surface area contributed by atoms with Gasteiger partial charge < -0.3 is 5.11 Å². The number of aliphatic hydroxyl groups excluding tert-OH is 1. The van der Waals surface area contributed by atoms with E-state index in [0.29, 0.717) is 11.1 Å². The van der Waals surface area contributed by atoms with Gasteiger partial charge in [0.05, 0.1) is 0 Å². The van der Waals surface area contributed by atoms with Gasteiger partial charge in [0.15, 0.2) is 5.78 Å². The van der Waals surface area contributed by atoms with Crippen molar-refractivity contribution >= 4 is 16.9 Å². The van der Waals surface area contributed by atoms with Crippen LogP contribution < -0.4 is 0 Å². The molecule has 2 heteroatoms. The molecule has 0 saturated carbocycles. The van der Waals surface area contributed by atoms with Gasteiger partial charge in [-0.25, -0.2) is 0 Å². The van der Waals surface area contributed by atoms with Crippen LogP contribution in [-0.4, -0.2) is 10.9 Å². The van der Waals surface area contributed by atoms with E-state index in [1.165, 1.54) is 6.08 Å². The highest BCUT2D eigenvalue weighted by Gasteiger charge is 2.23. The zero-order chi connectivity index (χ0) is 13.9. The van der Waals surface area contributed by atoms with Gasteiger partial charge in [-0.2, -0.15) is 0 Å². The lowest BCUT2D eigenvalue weighted by atomic mass is 9.88. The number of rotatable bonds is 2. The van der Waals surface area contributed by atoms with Crippen molar-refractivity contribution in [1.29, 1.82) is 0 Å². The highest BCUT2D eigenvalue weighted by molar-refractivity contribution is 6.30. The molecule has 2 aromatic carbocycles. The first-order valence-corrected chi connectivity index (χ1v) is 6.40. The first kappa shape index (κ1) is 12.6. The molecule has 3 rings (SSSR count). The Morgan fingerprint density at radius 3 is 1.70 bits per heavy atom. The molecule has 2 nitrogen and oxygen atoms in total. The zero-order valence-corrected chi connectivity index (χ0v) is 10.8. The molecule has 0 aliphatic heterocycles. The normalized spacial score (nSPS) is 15.8. The second-order valence-electron chi connectivity index (χ2n) is 4.60. The fourth-order valence-electron chi connectivity index (χ4n) is 2.26. The maximum atomic E-state index is 12.3. The van der Waals surface area contributed by atoms with Gasteiger partial charge in [-0.3, -0.25) is 4.79 Å². The molecular formula is C18H13O2. The lowest BCUT2D eigenvalue weighted by Crippen LogP contribution is -2.10. The van der Waals surface area contributed by atoms with Crippen molar-refractivity contribution in [1.82, 2.24) is 0 Å². The van der Waals surface area contributed by atoms with Crippen LogP contribution in [0, 0.1) is 6.10 Å². The Labute approximate surface area is 117 Å². The predicted octanol–water partition coefficient (Wildman–Crippen LogP) is 3.64. The number of carbonyl (C=O) groups is 1. The van der Waals surface area contributed by atoms with Crippen LogP contribution in [0.4, 0.5) is 0 Å². The van der Waals surface area contributed by atoms with Crippen molar-refractivity contribution in [2.75, 3.05) is 0 Å². The Hall–Kier alpha value is -2.45. The van der Waals surface area contributed by atoms with Crippen LogP contribution in [-0.2, 0) is 4.79 Å². The standard InChI is InChI=1S/C18H13O2/c19-17-12-16(14-9-5-2-6-10-14)18(20)11-15(17)13-7-3-1-4-8-13/h1-12,19H. The highest BCUT2D eigenvalue weighted by atomic mass is 16.3. The molecule has 0 spiro atoms. The summed E-state index contributed by atoms with van der Waals surface area (Å²) in [4.78, 5) is 12.3. The van der Waals surface area contributed by atoms with Crippen molar-refractivity contribution in [2.24, 2.45) is 0 Å². The maximum absolute atomic E-state index is 12.3. The van der Waals surface area contributed by atoms with E-state index in [0.717, 1.165) is 11.1 Å². The third kappa shape index (κ3) is 2.33. The fourth-order valence-corrected chi connectivity index (χ4v) is 2.26. The lowest BCUT2D eigenvalue weighted by molar-refractivity contribution is -0.109. The van der Waals surface area contributed by atoms with Gasteiger partial charge in [0, 0.05) is 11.1 Å². The molecule has 20 heavy (non-hydrogen) atoms. The van der Waals surface area contributed by atoms with E-state index in [4.69, 9.17) is 0 Å². The average molecular weight is 261 g/mol. The van der Waals surface area contributed by atoms with Crippen molar-refractivity contribution in [3.63, 3.8) is 0 Å². The molecule has 0 bridgehead atoms. The minimum Gasteiger partial charge on any atom is -0.377 e. The summed E-state index contributed by atoms with van der Waals surface area (Å²) in [5.41, 5.74) is 2.73. The van der Waals surface area contributed by atoms with Gasteiger partial charge in [0.25, 0.3) is 0 Å². The molecule has 1 aliphatic carbocycles. The highest BCUT2D eigenvalue weighted by Crippen LogP contribution is 2.32. The molecule has 1 aliphatic rings. The summed E-state index contributed by atoms with van der Waals surface area (Å²) in [6.07, 6.45) is 3.15. The van der Waals surface area contributed by atoms with E-state index >= 15 is 0 Å². The fraction of sp³-hybridized carbons (Fsp3) is 0. The smallest absolute Gasteiger partial charge is 0.186 e. The molecule has 0 saturated heterocycles. The van der Waals surface area contributed by atoms with Crippen LogP contribution in [0.3, 0.4) is 0 Å². The number of hydrogen-bond acceptors (Lipinski definition) is 2. The summed E-state index contributed by atoms with van der Waals surface area (Å²) in [5, 5.41) is 10.2. The third-order valence-electron chi connectivity index (χ3n) is 3.27. The third-order valence-corrected chi connectivity index (χ3v) is 3.27. The van der Waals surface area contributed by atoms with Gasteiger partial charge >= 0.3 is 0 Å². The molecular weight excluding hydrogens is 248 g/mol. The number of aliphatic hydroxyl groups is 1. The van der Waals surface area contributed by atoms with E-state index in [-0.39, 0.29) is 11.9 Å². The first-order chi connectivity index (χ1) is 9.75. The van der Waals surface area contributed by atoms with Crippen LogP contribution in [0.15, 0.2) is 72.8 Å². The van der Waals surface area contributed by atoms with Gasteiger partial charge in [-0.1, -0.05) is 60.7 Å². The summed E-state index contributed by atoms with van der Waals surface area (Å²) in [5.74, 6) is -0.0900. The van der Waals surface area contributed by atoms with Crippen LogP contribution in [0.1, 0.15) is 11.1 Å². The Bertz CT molecular complexity index is 682. The van der Waals surface area contributed by atoms with Gasteiger partial charge in [0.2, 0.25) is 0 Å². The summed E-state index contributed by atoms with van der Waals surface area (Å²) in [6.45, 7) is 0. The SMILES string of the molecule is O=C1C=C(c2ccccc2)[C](O)C=C1c1ccccc1. The van der Waals surface area contributed by atoms with Gasteiger partial charge in [-0.15, -0.1) is 0 Å². The van der Waals surface area contributed by atoms with Crippen molar-refractivity contribution < 1.29 is 9.90 Å². The predicted molar refractivity (Wildman–Crippen MR) is 79.0 cm³/mol. The largest absolute Gasteiger partial charge is 0.377 e. The van der Waals surface area contributed by atoms with Crippen LogP contribution in [0.5, 0.6) is 0 Å². The molecule has 0 unspecified atom stereocenters. The number of hydrogen-bond donors (Lipinski definition) is 1. The Morgan fingerprint density at radius 2 is 1.15 bits per heavy atom.